The summed E-state index contributed by atoms with van der Waals surface area (Å²) in [5, 5.41) is 10.4. The Morgan fingerprint density at radius 1 is 1.00 bits per heavy atom. The van der Waals surface area contributed by atoms with Gasteiger partial charge in [0.05, 0.1) is 0 Å². The molecule has 0 saturated heterocycles. The van der Waals surface area contributed by atoms with Gasteiger partial charge < -0.3 is 5.11 Å². The van der Waals surface area contributed by atoms with Crippen molar-refractivity contribution in [1.82, 2.24) is 4.98 Å². The van der Waals surface area contributed by atoms with Crippen LogP contribution in [0.3, 0.4) is 0 Å². The van der Waals surface area contributed by atoms with Gasteiger partial charge in [0.15, 0.2) is 0 Å². The Labute approximate surface area is 89.2 Å². The van der Waals surface area contributed by atoms with Crippen LogP contribution in [0.1, 0.15) is 18.1 Å². The summed E-state index contributed by atoms with van der Waals surface area (Å²) in [6, 6.07) is 13.3. The van der Waals surface area contributed by atoms with E-state index in [4.69, 9.17) is 0 Å². The Morgan fingerprint density at radius 3 is 2.27 bits per heavy atom. The van der Waals surface area contributed by atoms with Crippen molar-refractivity contribution in [2.24, 2.45) is 0 Å². The Bertz CT molecular complexity index is 381. The number of hydrogen-bond acceptors (Lipinski definition) is 2. The van der Waals surface area contributed by atoms with E-state index in [1.807, 2.05) is 42.5 Å². The van der Waals surface area contributed by atoms with Gasteiger partial charge >= 0.3 is 0 Å². The van der Waals surface area contributed by atoms with E-state index in [0.717, 1.165) is 11.1 Å². The van der Waals surface area contributed by atoms with E-state index in [2.05, 4.69) is 4.98 Å². The summed E-state index contributed by atoms with van der Waals surface area (Å²) in [7, 11) is 0. The molecule has 0 saturated carbocycles. The van der Waals surface area contributed by atoms with Gasteiger partial charge in [0.2, 0.25) is 0 Å². The number of aliphatic hydroxyl groups is 1. The lowest BCUT2D eigenvalue weighted by atomic mass is 9.89. The van der Waals surface area contributed by atoms with Gasteiger partial charge in [-0.1, -0.05) is 36.4 Å². The molecular formula is C13H13NO. The third-order valence-electron chi connectivity index (χ3n) is 2.56. The van der Waals surface area contributed by atoms with Crippen LogP contribution in [-0.4, -0.2) is 10.1 Å². The molecule has 0 bridgehead atoms. The van der Waals surface area contributed by atoms with Crippen molar-refractivity contribution >= 4 is 0 Å². The number of rotatable bonds is 2. The van der Waals surface area contributed by atoms with Crippen LogP contribution in [0.25, 0.3) is 0 Å². The molecule has 0 radical (unpaired) electrons. The third kappa shape index (κ3) is 1.90. The quantitative estimate of drug-likeness (QED) is 0.805. The van der Waals surface area contributed by atoms with Gasteiger partial charge in [0.25, 0.3) is 0 Å². The SMILES string of the molecule is CC(O)(c1ccccc1)c1cccnc1. The van der Waals surface area contributed by atoms with E-state index >= 15 is 0 Å². The highest BCUT2D eigenvalue weighted by Crippen LogP contribution is 2.27. The van der Waals surface area contributed by atoms with Crippen LogP contribution in [0.2, 0.25) is 0 Å². The van der Waals surface area contributed by atoms with E-state index in [9.17, 15) is 5.11 Å². The molecule has 0 spiro atoms. The minimum Gasteiger partial charge on any atom is -0.381 e. The van der Waals surface area contributed by atoms with E-state index in [1.54, 1.807) is 19.3 Å². The largest absolute Gasteiger partial charge is 0.381 e. The molecular weight excluding hydrogens is 186 g/mol. The first kappa shape index (κ1) is 9.87. The smallest absolute Gasteiger partial charge is 0.113 e. The summed E-state index contributed by atoms with van der Waals surface area (Å²) in [5.74, 6) is 0. The molecule has 2 rings (SSSR count). The van der Waals surface area contributed by atoms with Crippen molar-refractivity contribution in [1.29, 1.82) is 0 Å². The van der Waals surface area contributed by atoms with Crippen LogP contribution < -0.4 is 0 Å². The standard InChI is InChI=1S/C13H13NO/c1-13(15,11-6-3-2-4-7-11)12-8-5-9-14-10-12/h2-10,15H,1H3. The van der Waals surface area contributed by atoms with Crippen LogP contribution in [0.5, 0.6) is 0 Å². The van der Waals surface area contributed by atoms with Crippen molar-refractivity contribution in [2.75, 3.05) is 0 Å². The highest BCUT2D eigenvalue weighted by Gasteiger charge is 2.24. The van der Waals surface area contributed by atoms with Crippen molar-refractivity contribution in [3.05, 3.63) is 66.0 Å². The fraction of sp³-hybridized carbons (Fsp3) is 0.154. The summed E-state index contributed by atoms with van der Waals surface area (Å²) < 4.78 is 0. The van der Waals surface area contributed by atoms with Crippen LogP contribution in [0.15, 0.2) is 54.9 Å². The topological polar surface area (TPSA) is 33.1 Å². The van der Waals surface area contributed by atoms with Gasteiger partial charge in [0, 0.05) is 18.0 Å². The van der Waals surface area contributed by atoms with Crippen LogP contribution in [0, 0.1) is 0 Å². The van der Waals surface area contributed by atoms with E-state index < -0.39 is 5.60 Å². The lowest BCUT2D eigenvalue weighted by molar-refractivity contribution is 0.102. The second-order valence-electron chi connectivity index (χ2n) is 3.68. The molecule has 1 unspecified atom stereocenters. The van der Waals surface area contributed by atoms with Crippen molar-refractivity contribution in [3.8, 4) is 0 Å². The fourth-order valence-corrected chi connectivity index (χ4v) is 1.58. The van der Waals surface area contributed by atoms with Crippen LogP contribution in [-0.2, 0) is 5.60 Å². The molecule has 0 aliphatic rings. The molecule has 2 heteroatoms. The highest BCUT2D eigenvalue weighted by molar-refractivity contribution is 5.33. The maximum absolute atomic E-state index is 10.4. The molecule has 1 atom stereocenters. The molecule has 0 aliphatic heterocycles. The highest BCUT2D eigenvalue weighted by atomic mass is 16.3. The summed E-state index contributed by atoms with van der Waals surface area (Å²) >= 11 is 0. The maximum Gasteiger partial charge on any atom is 0.113 e. The first-order chi connectivity index (χ1) is 7.21. The molecule has 1 heterocycles. The number of benzene rings is 1. The molecule has 15 heavy (non-hydrogen) atoms. The average molecular weight is 199 g/mol. The van der Waals surface area contributed by atoms with Crippen molar-refractivity contribution in [2.45, 2.75) is 12.5 Å². The van der Waals surface area contributed by atoms with Gasteiger partial charge in [-0.25, -0.2) is 0 Å². The minimum absolute atomic E-state index is 0.802. The maximum atomic E-state index is 10.4. The summed E-state index contributed by atoms with van der Waals surface area (Å²) in [5.41, 5.74) is 0.699. The van der Waals surface area contributed by atoms with E-state index in [-0.39, 0.29) is 0 Å². The summed E-state index contributed by atoms with van der Waals surface area (Å²) in [6.07, 6.45) is 3.39. The fourth-order valence-electron chi connectivity index (χ4n) is 1.58. The Kier molecular flexibility index (Phi) is 2.52. The number of hydrogen-bond donors (Lipinski definition) is 1. The zero-order chi connectivity index (χ0) is 10.7. The molecule has 1 N–H and O–H groups in total. The Morgan fingerprint density at radius 2 is 1.67 bits per heavy atom. The number of aromatic nitrogens is 1. The predicted molar refractivity (Wildman–Crippen MR) is 59.4 cm³/mol. The van der Waals surface area contributed by atoms with Gasteiger partial charge in [-0.15, -0.1) is 0 Å². The van der Waals surface area contributed by atoms with E-state index in [1.165, 1.54) is 0 Å². The first-order valence-corrected chi connectivity index (χ1v) is 4.89. The first-order valence-electron chi connectivity index (χ1n) is 4.89. The summed E-state index contributed by atoms with van der Waals surface area (Å²) in [6.45, 7) is 1.78. The molecule has 0 aliphatic carbocycles. The third-order valence-corrected chi connectivity index (χ3v) is 2.56. The lowest BCUT2D eigenvalue weighted by Crippen LogP contribution is -2.22. The lowest BCUT2D eigenvalue weighted by Gasteiger charge is -2.23. The molecule has 1 aromatic heterocycles. The van der Waals surface area contributed by atoms with Crippen molar-refractivity contribution in [3.63, 3.8) is 0 Å². The van der Waals surface area contributed by atoms with Crippen LogP contribution >= 0.6 is 0 Å². The minimum atomic E-state index is -0.977. The zero-order valence-electron chi connectivity index (χ0n) is 8.59. The Hall–Kier alpha value is -1.67. The summed E-state index contributed by atoms with van der Waals surface area (Å²) in [4.78, 5) is 4.02. The predicted octanol–water partition coefficient (Wildman–Crippen LogP) is 2.34. The molecule has 0 amide bonds. The normalized spacial score (nSPS) is 14.5. The molecule has 2 nitrogen and oxygen atoms in total. The molecule has 76 valence electrons. The van der Waals surface area contributed by atoms with E-state index in [0.29, 0.717) is 0 Å². The van der Waals surface area contributed by atoms with Gasteiger partial charge in [-0.3, -0.25) is 4.98 Å². The molecule has 0 fully saturated rings. The van der Waals surface area contributed by atoms with Gasteiger partial charge in [-0.05, 0) is 18.6 Å². The molecule has 2 aromatic rings. The second kappa shape index (κ2) is 3.83. The van der Waals surface area contributed by atoms with Gasteiger partial charge in [0.1, 0.15) is 5.60 Å². The number of nitrogens with zero attached hydrogens (tertiary/aromatic N) is 1. The average Bonchev–Trinajstić information content (AvgIpc) is 2.31. The number of pyridine rings is 1. The second-order valence-corrected chi connectivity index (χ2v) is 3.68. The zero-order valence-corrected chi connectivity index (χ0v) is 8.59. The van der Waals surface area contributed by atoms with Gasteiger partial charge in [-0.2, -0.15) is 0 Å². The van der Waals surface area contributed by atoms with Crippen molar-refractivity contribution < 1.29 is 5.11 Å². The molecule has 1 aromatic carbocycles. The van der Waals surface area contributed by atoms with Crippen LogP contribution in [0.4, 0.5) is 0 Å². The Balaban J connectivity index is 2.44. The monoisotopic (exact) mass is 199 g/mol.